The van der Waals surface area contributed by atoms with Crippen LogP contribution in [-0.4, -0.2) is 21.6 Å². The molecular weight excluding hydrogens is 303 g/mol. The van der Waals surface area contributed by atoms with Gasteiger partial charge in [-0.25, -0.2) is 0 Å². The second kappa shape index (κ2) is 3.36. The van der Waals surface area contributed by atoms with Crippen LogP contribution in [-0.2, 0) is 10.1 Å². The Morgan fingerprint density at radius 2 is 2.15 bits per heavy atom. The highest BCUT2D eigenvalue weighted by molar-refractivity contribution is 14.1. The molecule has 0 aromatic rings. The highest BCUT2D eigenvalue weighted by Gasteiger charge is 2.42. The Morgan fingerprint density at radius 1 is 1.62 bits per heavy atom. The molecule has 3 nitrogen and oxygen atoms in total. The van der Waals surface area contributed by atoms with Crippen molar-refractivity contribution < 1.29 is 13.0 Å². The van der Waals surface area contributed by atoms with Gasteiger partial charge < -0.3 is 0 Å². The van der Waals surface area contributed by atoms with E-state index >= 15 is 0 Å². The van der Waals surface area contributed by atoms with Crippen LogP contribution in [0.2, 0.25) is 0 Å². The molecule has 1 aliphatic carbocycles. The average molecular weight is 314 g/mol. The first-order chi connectivity index (χ1) is 5.77. The number of hydrogen-bond acceptors (Lipinski definition) is 2. The molecule has 1 aliphatic rings. The zero-order valence-corrected chi connectivity index (χ0v) is 10.3. The first kappa shape index (κ1) is 11.2. The number of hydrogen-bond donors (Lipinski definition) is 1. The van der Waals surface area contributed by atoms with Gasteiger partial charge in [0.25, 0.3) is 10.1 Å². The normalized spacial score (nSPS) is 34.5. The van der Waals surface area contributed by atoms with Gasteiger partial charge in [-0.15, -0.1) is 0 Å². The van der Waals surface area contributed by atoms with Crippen LogP contribution in [0.1, 0.15) is 13.8 Å². The molecule has 5 heteroatoms. The second-order valence-electron chi connectivity index (χ2n) is 3.30. The summed E-state index contributed by atoms with van der Waals surface area (Å²) in [6, 6.07) is 0. The molecule has 13 heavy (non-hydrogen) atoms. The molecule has 1 rings (SSSR count). The molecule has 0 radical (unpaired) electrons. The molecule has 2 unspecified atom stereocenters. The maximum atomic E-state index is 11.1. The summed E-state index contributed by atoms with van der Waals surface area (Å²) in [7, 11) is -4.04. The lowest BCUT2D eigenvalue weighted by atomic mass is 9.98. The van der Waals surface area contributed by atoms with E-state index in [1.54, 1.807) is 6.08 Å². The highest BCUT2D eigenvalue weighted by Crippen LogP contribution is 2.33. The monoisotopic (exact) mass is 314 g/mol. The van der Waals surface area contributed by atoms with Crippen molar-refractivity contribution in [1.29, 1.82) is 0 Å². The number of alkyl halides is 1. The Kier molecular flexibility index (Phi) is 2.89. The van der Waals surface area contributed by atoms with Crippen molar-refractivity contribution in [3.63, 3.8) is 0 Å². The quantitative estimate of drug-likeness (QED) is 0.457. The lowest BCUT2D eigenvalue weighted by Crippen LogP contribution is -2.41. The Morgan fingerprint density at radius 3 is 2.54 bits per heavy atom. The summed E-state index contributed by atoms with van der Waals surface area (Å²) in [6.07, 6.45) is 5.08. The molecule has 0 bridgehead atoms. The lowest BCUT2D eigenvalue weighted by molar-refractivity contribution is 0.455. The van der Waals surface area contributed by atoms with Crippen molar-refractivity contribution >= 4 is 32.7 Å². The maximum Gasteiger partial charge on any atom is 0.275 e. The summed E-state index contributed by atoms with van der Waals surface area (Å²) >= 11 is 2.01. The van der Waals surface area contributed by atoms with Crippen LogP contribution in [0.3, 0.4) is 0 Å². The molecule has 0 heterocycles. The van der Waals surface area contributed by atoms with Gasteiger partial charge in [-0.1, -0.05) is 46.4 Å². The minimum atomic E-state index is -4.04. The summed E-state index contributed by atoms with van der Waals surface area (Å²) in [5.74, 6) is 0. The fraction of sp³-hybridized carbons (Fsp3) is 0.500. The SMILES string of the molecule is CC1=CC(I)C(C)(S(=O)(=O)O)C=C1. The topological polar surface area (TPSA) is 54.4 Å². The zero-order valence-electron chi connectivity index (χ0n) is 7.36. The lowest BCUT2D eigenvalue weighted by Gasteiger charge is -2.29. The van der Waals surface area contributed by atoms with Gasteiger partial charge in [-0.3, -0.25) is 4.55 Å². The van der Waals surface area contributed by atoms with E-state index < -0.39 is 14.9 Å². The predicted molar refractivity (Wildman–Crippen MR) is 60.7 cm³/mol. The van der Waals surface area contributed by atoms with E-state index in [0.29, 0.717) is 0 Å². The summed E-state index contributed by atoms with van der Waals surface area (Å²) in [5.41, 5.74) is 1.01. The molecule has 0 saturated heterocycles. The zero-order chi connectivity index (χ0) is 10.3. The predicted octanol–water partition coefficient (Wildman–Crippen LogP) is 1.95. The third kappa shape index (κ3) is 1.97. The molecule has 0 aromatic heterocycles. The molecule has 0 fully saturated rings. The van der Waals surface area contributed by atoms with Crippen molar-refractivity contribution in [3.05, 3.63) is 23.8 Å². The van der Waals surface area contributed by atoms with Crippen molar-refractivity contribution in [2.45, 2.75) is 22.5 Å². The van der Waals surface area contributed by atoms with Gasteiger partial charge in [0.1, 0.15) is 4.75 Å². The largest absolute Gasteiger partial charge is 0.285 e. The maximum absolute atomic E-state index is 11.1. The molecular formula is C8H11IO3S. The van der Waals surface area contributed by atoms with Gasteiger partial charge in [-0.2, -0.15) is 8.42 Å². The van der Waals surface area contributed by atoms with Crippen LogP contribution in [0.5, 0.6) is 0 Å². The number of halogens is 1. The first-order valence-electron chi connectivity index (χ1n) is 3.76. The fourth-order valence-corrected chi connectivity index (χ4v) is 3.40. The van der Waals surface area contributed by atoms with Gasteiger partial charge in [0.2, 0.25) is 0 Å². The van der Waals surface area contributed by atoms with E-state index in [2.05, 4.69) is 0 Å². The Bertz CT molecular complexity index is 369. The van der Waals surface area contributed by atoms with Gasteiger partial charge in [0, 0.05) is 0 Å². The van der Waals surface area contributed by atoms with Crippen LogP contribution in [0.25, 0.3) is 0 Å². The van der Waals surface area contributed by atoms with Crippen molar-refractivity contribution in [2.24, 2.45) is 0 Å². The van der Waals surface area contributed by atoms with Crippen LogP contribution < -0.4 is 0 Å². The molecule has 0 amide bonds. The third-order valence-electron chi connectivity index (χ3n) is 2.19. The fourth-order valence-electron chi connectivity index (χ4n) is 1.07. The van der Waals surface area contributed by atoms with Crippen LogP contribution in [0.4, 0.5) is 0 Å². The Hall–Kier alpha value is 0.120. The summed E-state index contributed by atoms with van der Waals surface area (Å²) in [6.45, 7) is 3.41. The van der Waals surface area contributed by atoms with E-state index in [0.717, 1.165) is 5.57 Å². The second-order valence-corrected chi connectivity index (χ2v) is 6.48. The molecule has 1 N–H and O–H groups in total. The molecule has 0 saturated carbocycles. The van der Waals surface area contributed by atoms with E-state index in [9.17, 15) is 8.42 Å². The van der Waals surface area contributed by atoms with Crippen LogP contribution in [0.15, 0.2) is 23.8 Å². The van der Waals surface area contributed by atoms with E-state index in [-0.39, 0.29) is 3.92 Å². The minimum absolute atomic E-state index is 0.231. The van der Waals surface area contributed by atoms with E-state index in [4.69, 9.17) is 4.55 Å². The van der Waals surface area contributed by atoms with Gasteiger partial charge in [-0.05, 0) is 13.8 Å². The van der Waals surface area contributed by atoms with Crippen LogP contribution >= 0.6 is 22.6 Å². The molecule has 0 aromatic carbocycles. The summed E-state index contributed by atoms with van der Waals surface area (Å²) < 4.78 is 29.8. The molecule has 2 atom stereocenters. The van der Waals surface area contributed by atoms with Gasteiger partial charge >= 0.3 is 0 Å². The van der Waals surface area contributed by atoms with Crippen molar-refractivity contribution in [3.8, 4) is 0 Å². The standard InChI is InChI=1S/C8H11IO3S/c1-6-3-4-8(2,7(9)5-6)13(10,11)12/h3-5,7H,1-2H3,(H,10,11,12). The van der Waals surface area contributed by atoms with E-state index in [1.807, 2.05) is 35.6 Å². The van der Waals surface area contributed by atoms with E-state index in [1.165, 1.54) is 13.0 Å². The average Bonchev–Trinajstić information content (AvgIpc) is 1.95. The van der Waals surface area contributed by atoms with Gasteiger partial charge in [0.15, 0.2) is 0 Å². The molecule has 0 aliphatic heterocycles. The number of rotatable bonds is 1. The van der Waals surface area contributed by atoms with Crippen LogP contribution in [0, 0.1) is 0 Å². The smallest absolute Gasteiger partial charge is 0.275 e. The number of allylic oxidation sites excluding steroid dienone is 3. The van der Waals surface area contributed by atoms with Crippen molar-refractivity contribution in [1.82, 2.24) is 0 Å². The summed E-state index contributed by atoms with van der Waals surface area (Å²) in [5, 5.41) is 0. The Balaban J connectivity index is 3.18. The Labute approximate surface area is 91.8 Å². The highest BCUT2D eigenvalue weighted by atomic mass is 127. The van der Waals surface area contributed by atoms with Crippen molar-refractivity contribution in [2.75, 3.05) is 0 Å². The molecule has 0 spiro atoms. The third-order valence-corrected chi connectivity index (χ3v) is 5.77. The first-order valence-corrected chi connectivity index (χ1v) is 6.45. The van der Waals surface area contributed by atoms with Gasteiger partial charge in [0.05, 0.1) is 3.92 Å². The minimum Gasteiger partial charge on any atom is -0.285 e. The molecule has 74 valence electrons. The summed E-state index contributed by atoms with van der Waals surface area (Å²) in [4.78, 5) is 0.